The Balaban J connectivity index is 2.82. The first-order valence-corrected chi connectivity index (χ1v) is 9.08. The second-order valence-corrected chi connectivity index (χ2v) is 6.91. The van der Waals surface area contributed by atoms with Crippen LogP contribution < -0.4 is 10.0 Å². The lowest BCUT2D eigenvalue weighted by molar-refractivity contribution is 0.571. The molecule has 1 rings (SSSR count). The van der Waals surface area contributed by atoms with Crippen molar-refractivity contribution in [1.82, 2.24) is 9.71 Å². The number of nitrogens with zero attached hydrogens (tertiary/aromatic N) is 1. The van der Waals surface area contributed by atoms with E-state index in [0.29, 0.717) is 5.82 Å². The summed E-state index contributed by atoms with van der Waals surface area (Å²) in [6.45, 7) is 4.66. The van der Waals surface area contributed by atoms with Gasteiger partial charge in [0.05, 0.1) is 4.90 Å². The van der Waals surface area contributed by atoms with Crippen LogP contribution in [0.5, 0.6) is 0 Å². The Morgan fingerprint density at radius 1 is 1.47 bits per heavy atom. The average molecular weight is 303 g/mol. The van der Waals surface area contributed by atoms with Crippen molar-refractivity contribution in [2.45, 2.75) is 31.2 Å². The summed E-state index contributed by atoms with van der Waals surface area (Å²) in [5.74, 6) is 1.33. The van der Waals surface area contributed by atoms with E-state index in [0.717, 1.165) is 18.7 Å². The molecule has 0 amide bonds. The van der Waals surface area contributed by atoms with Gasteiger partial charge in [-0.3, -0.25) is 0 Å². The number of pyridine rings is 1. The summed E-state index contributed by atoms with van der Waals surface area (Å²) in [5.41, 5.74) is 0. The first-order chi connectivity index (χ1) is 8.99. The third-order valence-corrected chi connectivity index (χ3v) is 4.79. The van der Waals surface area contributed by atoms with Crippen molar-refractivity contribution in [2.24, 2.45) is 0 Å². The van der Waals surface area contributed by atoms with Gasteiger partial charge in [0.15, 0.2) is 0 Å². The highest BCUT2D eigenvalue weighted by Gasteiger charge is 2.17. The largest absolute Gasteiger partial charge is 0.370 e. The van der Waals surface area contributed by atoms with E-state index >= 15 is 0 Å². The van der Waals surface area contributed by atoms with Crippen molar-refractivity contribution in [2.75, 3.05) is 23.9 Å². The highest BCUT2D eigenvalue weighted by Crippen LogP contribution is 2.13. The molecular formula is C12H21N3O2S2. The SMILES string of the molecule is CCCNc1cc(S(=O)(=O)NC(C)CSC)ccn1. The van der Waals surface area contributed by atoms with Crippen molar-refractivity contribution < 1.29 is 8.42 Å². The molecule has 1 aromatic rings. The van der Waals surface area contributed by atoms with Gasteiger partial charge in [-0.05, 0) is 25.7 Å². The molecule has 7 heteroatoms. The van der Waals surface area contributed by atoms with Crippen molar-refractivity contribution >= 4 is 27.6 Å². The third kappa shape index (κ3) is 5.38. The van der Waals surface area contributed by atoms with Gasteiger partial charge in [-0.25, -0.2) is 18.1 Å². The highest BCUT2D eigenvalue weighted by molar-refractivity contribution is 7.98. The fourth-order valence-electron chi connectivity index (χ4n) is 1.54. The Morgan fingerprint density at radius 2 is 2.21 bits per heavy atom. The first-order valence-electron chi connectivity index (χ1n) is 6.20. The van der Waals surface area contributed by atoms with E-state index in [1.165, 1.54) is 12.3 Å². The predicted octanol–water partition coefficient (Wildman–Crippen LogP) is 1.93. The van der Waals surface area contributed by atoms with Crippen molar-refractivity contribution in [1.29, 1.82) is 0 Å². The molecule has 0 aliphatic rings. The minimum absolute atomic E-state index is 0.0970. The van der Waals surface area contributed by atoms with Gasteiger partial charge >= 0.3 is 0 Å². The number of thioether (sulfide) groups is 1. The summed E-state index contributed by atoms with van der Waals surface area (Å²) in [7, 11) is -3.47. The molecule has 19 heavy (non-hydrogen) atoms. The van der Waals surface area contributed by atoms with Gasteiger partial charge in [0.25, 0.3) is 0 Å². The molecule has 0 saturated carbocycles. The van der Waals surface area contributed by atoms with Gasteiger partial charge in [-0.15, -0.1) is 0 Å². The number of sulfonamides is 1. The van der Waals surface area contributed by atoms with E-state index in [2.05, 4.69) is 15.0 Å². The summed E-state index contributed by atoms with van der Waals surface area (Å²) >= 11 is 1.61. The van der Waals surface area contributed by atoms with Crippen LogP contribution in [-0.4, -0.2) is 38.0 Å². The summed E-state index contributed by atoms with van der Waals surface area (Å²) in [6.07, 6.45) is 4.41. The zero-order valence-corrected chi connectivity index (χ0v) is 13.1. The molecule has 108 valence electrons. The van der Waals surface area contributed by atoms with E-state index in [4.69, 9.17) is 0 Å². The number of hydrogen-bond acceptors (Lipinski definition) is 5. The Hall–Kier alpha value is -0.790. The standard InChI is InChI=1S/C12H21N3O2S2/c1-4-6-13-12-8-11(5-7-14-12)19(16,17)15-10(2)9-18-3/h5,7-8,10,15H,4,6,9H2,1-3H3,(H,13,14). The maximum Gasteiger partial charge on any atom is 0.241 e. The van der Waals surface area contributed by atoms with Crippen LogP contribution in [0.2, 0.25) is 0 Å². The van der Waals surface area contributed by atoms with Crippen LogP contribution in [0, 0.1) is 0 Å². The smallest absolute Gasteiger partial charge is 0.241 e. The molecule has 2 N–H and O–H groups in total. The lowest BCUT2D eigenvalue weighted by Crippen LogP contribution is -2.34. The van der Waals surface area contributed by atoms with E-state index in [1.807, 2.05) is 20.1 Å². The molecule has 1 unspecified atom stereocenters. The molecule has 0 radical (unpaired) electrons. The Bertz CT molecular complexity index is 492. The summed E-state index contributed by atoms with van der Waals surface area (Å²) in [5, 5.41) is 3.08. The van der Waals surface area contributed by atoms with Crippen LogP contribution in [0.3, 0.4) is 0 Å². The molecule has 0 aromatic carbocycles. The zero-order valence-electron chi connectivity index (χ0n) is 11.5. The van der Waals surface area contributed by atoms with Crippen molar-refractivity contribution in [3.8, 4) is 0 Å². The van der Waals surface area contributed by atoms with E-state index in [1.54, 1.807) is 17.8 Å². The minimum atomic E-state index is -3.47. The van der Waals surface area contributed by atoms with E-state index < -0.39 is 10.0 Å². The average Bonchev–Trinajstić information content (AvgIpc) is 2.36. The van der Waals surface area contributed by atoms with Crippen LogP contribution in [0.4, 0.5) is 5.82 Å². The maximum absolute atomic E-state index is 12.2. The molecule has 0 spiro atoms. The van der Waals surface area contributed by atoms with Crippen LogP contribution in [-0.2, 0) is 10.0 Å². The molecule has 0 fully saturated rings. The number of rotatable bonds is 8. The zero-order chi connectivity index (χ0) is 14.3. The van der Waals surface area contributed by atoms with Crippen LogP contribution in [0.1, 0.15) is 20.3 Å². The fourth-order valence-corrected chi connectivity index (χ4v) is 3.49. The number of aromatic nitrogens is 1. The third-order valence-electron chi connectivity index (χ3n) is 2.37. The number of nitrogens with one attached hydrogen (secondary N) is 2. The second-order valence-electron chi connectivity index (χ2n) is 4.28. The molecule has 0 bridgehead atoms. The van der Waals surface area contributed by atoms with Crippen molar-refractivity contribution in [3.63, 3.8) is 0 Å². The Morgan fingerprint density at radius 3 is 2.84 bits per heavy atom. The Kier molecular flexibility index (Phi) is 6.60. The highest BCUT2D eigenvalue weighted by atomic mass is 32.2. The molecule has 0 aliphatic carbocycles. The topological polar surface area (TPSA) is 71.1 Å². The number of hydrogen-bond donors (Lipinski definition) is 2. The predicted molar refractivity (Wildman–Crippen MR) is 81.2 cm³/mol. The van der Waals surface area contributed by atoms with Gasteiger partial charge < -0.3 is 5.32 Å². The molecule has 5 nitrogen and oxygen atoms in total. The lowest BCUT2D eigenvalue weighted by Gasteiger charge is -2.13. The van der Waals surface area contributed by atoms with Gasteiger partial charge in [-0.2, -0.15) is 11.8 Å². The minimum Gasteiger partial charge on any atom is -0.370 e. The maximum atomic E-state index is 12.2. The quantitative estimate of drug-likeness (QED) is 0.768. The second kappa shape index (κ2) is 7.72. The monoisotopic (exact) mass is 303 g/mol. The lowest BCUT2D eigenvalue weighted by atomic mass is 10.4. The molecule has 0 aliphatic heterocycles. The van der Waals surface area contributed by atoms with Crippen LogP contribution in [0.15, 0.2) is 23.2 Å². The van der Waals surface area contributed by atoms with Crippen LogP contribution in [0.25, 0.3) is 0 Å². The van der Waals surface area contributed by atoms with Crippen LogP contribution >= 0.6 is 11.8 Å². The summed E-state index contributed by atoms with van der Waals surface area (Å²) in [4.78, 5) is 4.34. The fraction of sp³-hybridized carbons (Fsp3) is 0.583. The Labute approximate surface area is 119 Å². The van der Waals surface area contributed by atoms with Gasteiger partial charge in [0.1, 0.15) is 5.82 Å². The first kappa shape index (κ1) is 16.3. The molecule has 1 aromatic heterocycles. The van der Waals surface area contributed by atoms with Crippen molar-refractivity contribution in [3.05, 3.63) is 18.3 Å². The van der Waals surface area contributed by atoms with Gasteiger partial charge in [0.2, 0.25) is 10.0 Å². The molecule has 1 atom stereocenters. The summed E-state index contributed by atoms with van der Waals surface area (Å²) in [6, 6.07) is 2.97. The van der Waals surface area contributed by atoms with E-state index in [-0.39, 0.29) is 10.9 Å². The molecule has 0 saturated heterocycles. The number of anilines is 1. The molecular weight excluding hydrogens is 282 g/mol. The summed E-state index contributed by atoms with van der Waals surface area (Å²) < 4.78 is 27.0. The molecule has 1 heterocycles. The normalized spacial score (nSPS) is 13.2. The van der Waals surface area contributed by atoms with E-state index in [9.17, 15) is 8.42 Å². The van der Waals surface area contributed by atoms with Gasteiger partial charge in [0, 0.05) is 30.6 Å². The van der Waals surface area contributed by atoms with Gasteiger partial charge in [-0.1, -0.05) is 6.92 Å².